The maximum atomic E-state index is 11.0. The summed E-state index contributed by atoms with van der Waals surface area (Å²) in [4.78, 5) is 12.7. The Kier molecular flexibility index (Phi) is 7.69. The fourth-order valence-electron chi connectivity index (χ4n) is 1.26. The molecule has 0 aliphatic rings. The van der Waals surface area contributed by atoms with Crippen LogP contribution in [0.5, 0.6) is 0 Å². The van der Waals surface area contributed by atoms with Gasteiger partial charge in [0.25, 0.3) is 0 Å². The average Bonchev–Trinajstić information content (AvgIpc) is 2.17. The molecule has 0 aromatic rings. The fraction of sp³-hybridized carbons (Fsp3) is 0.615. The molecule has 0 rings (SSSR count). The second-order valence-corrected chi connectivity index (χ2v) is 3.88. The van der Waals surface area contributed by atoms with Gasteiger partial charge in [-0.25, -0.2) is 0 Å². The van der Waals surface area contributed by atoms with E-state index in [-0.39, 0.29) is 5.91 Å². The first-order valence-corrected chi connectivity index (χ1v) is 5.60. The minimum atomic E-state index is 0.119. The van der Waals surface area contributed by atoms with Crippen molar-refractivity contribution in [1.82, 2.24) is 4.90 Å². The summed E-state index contributed by atoms with van der Waals surface area (Å²) >= 11 is 0. The van der Waals surface area contributed by atoms with Crippen LogP contribution in [0.2, 0.25) is 0 Å². The quantitative estimate of drug-likeness (QED) is 0.486. The average molecular weight is 209 g/mol. The molecule has 0 N–H and O–H groups in total. The van der Waals surface area contributed by atoms with Gasteiger partial charge in [0.2, 0.25) is 5.91 Å². The number of rotatable bonds is 6. The number of carbonyl (C=O) groups is 1. The van der Waals surface area contributed by atoms with Crippen molar-refractivity contribution in [2.24, 2.45) is 0 Å². The number of unbranched alkanes of at least 4 members (excludes halogenated alkanes) is 1. The van der Waals surface area contributed by atoms with E-state index >= 15 is 0 Å². The van der Waals surface area contributed by atoms with E-state index in [1.54, 1.807) is 11.8 Å². The van der Waals surface area contributed by atoms with Crippen molar-refractivity contribution in [1.29, 1.82) is 0 Å². The first-order chi connectivity index (χ1) is 7.07. The van der Waals surface area contributed by atoms with Gasteiger partial charge in [-0.3, -0.25) is 4.79 Å². The molecule has 0 saturated carbocycles. The first-order valence-electron chi connectivity index (χ1n) is 5.60. The smallest absolute Gasteiger partial charge is 0.219 e. The molecule has 0 radical (unpaired) electrons. The van der Waals surface area contributed by atoms with Gasteiger partial charge in [-0.05, 0) is 26.2 Å². The summed E-state index contributed by atoms with van der Waals surface area (Å²) in [6, 6.07) is 0. The molecule has 0 heterocycles. The summed E-state index contributed by atoms with van der Waals surface area (Å²) in [6.45, 7) is 6.55. The predicted octanol–water partition coefficient (Wildman–Crippen LogP) is 3.16. The molecule has 2 nitrogen and oxygen atoms in total. The highest BCUT2D eigenvalue weighted by atomic mass is 16.2. The van der Waals surface area contributed by atoms with Crippen LogP contribution in [0, 0.1) is 0 Å². The van der Waals surface area contributed by atoms with Crippen molar-refractivity contribution in [3.63, 3.8) is 0 Å². The molecule has 0 fully saturated rings. The van der Waals surface area contributed by atoms with Gasteiger partial charge in [-0.2, -0.15) is 0 Å². The maximum absolute atomic E-state index is 11.0. The highest BCUT2D eigenvalue weighted by molar-refractivity contribution is 5.73. The number of amides is 1. The Morgan fingerprint density at radius 3 is 2.40 bits per heavy atom. The molecule has 0 bridgehead atoms. The van der Waals surface area contributed by atoms with Crippen LogP contribution in [0.3, 0.4) is 0 Å². The Bertz CT molecular complexity index is 241. The fourth-order valence-corrected chi connectivity index (χ4v) is 1.26. The zero-order valence-corrected chi connectivity index (χ0v) is 10.4. The molecule has 0 aromatic carbocycles. The van der Waals surface area contributed by atoms with Gasteiger partial charge < -0.3 is 4.90 Å². The van der Waals surface area contributed by atoms with E-state index in [0.29, 0.717) is 0 Å². The van der Waals surface area contributed by atoms with E-state index in [9.17, 15) is 4.79 Å². The number of likely N-dealkylation sites (N-methyl/N-ethyl adjacent to an activating group) is 1. The summed E-state index contributed by atoms with van der Waals surface area (Å²) in [5.74, 6) is 0.119. The van der Waals surface area contributed by atoms with Crippen molar-refractivity contribution < 1.29 is 4.79 Å². The SMILES string of the molecule is CCC=CCCC=C(C)CN(C)C(C)=O. The van der Waals surface area contributed by atoms with Gasteiger partial charge in [0.1, 0.15) is 0 Å². The molecule has 1 amide bonds. The van der Waals surface area contributed by atoms with Crippen LogP contribution < -0.4 is 0 Å². The number of hydrogen-bond donors (Lipinski definition) is 0. The Hall–Kier alpha value is -1.05. The normalized spacial score (nSPS) is 12.1. The number of nitrogens with zero attached hydrogens (tertiary/aromatic N) is 1. The lowest BCUT2D eigenvalue weighted by atomic mass is 10.2. The van der Waals surface area contributed by atoms with Gasteiger partial charge in [0, 0.05) is 20.5 Å². The molecule has 0 aliphatic heterocycles. The second kappa shape index (κ2) is 8.27. The van der Waals surface area contributed by atoms with Crippen molar-refractivity contribution in [3.8, 4) is 0 Å². The first kappa shape index (κ1) is 13.9. The molecular formula is C13H23NO. The largest absolute Gasteiger partial charge is 0.342 e. The highest BCUT2D eigenvalue weighted by Crippen LogP contribution is 2.02. The molecule has 86 valence electrons. The monoisotopic (exact) mass is 209 g/mol. The molecule has 0 atom stereocenters. The highest BCUT2D eigenvalue weighted by Gasteiger charge is 2.01. The van der Waals surface area contributed by atoms with Crippen LogP contribution in [0.4, 0.5) is 0 Å². The molecule has 15 heavy (non-hydrogen) atoms. The van der Waals surface area contributed by atoms with Gasteiger partial charge in [-0.1, -0.05) is 30.7 Å². The second-order valence-electron chi connectivity index (χ2n) is 3.88. The van der Waals surface area contributed by atoms with Gasteiger partial charge in [-0.15, -0.1) is 0 Å². The topological polar surface area (TPSA) is 20.3 Å². The molecule has 0 unspecified atom stereocenters. The van der Waals surface area contributed by atoms with E-state index < -0.39 is 0 Å². The molecule has 0 spiro atoms. The summed E-state index contributed by atoms with van der Waals surface area (Å²) < 4.78 is 0. The lowest BCUT2D eigenvalue weighted by Gasteiger charge is -2.14. The zero-order chi connectivity index (χ0) is 11.7. The Morgan fingerprint density at radius 1 is 1.20 bits per heavy atom. The summed E-state index contributed by atoms with van der Waals surface area (Å²) in [6.07, 6.45) is 9.86. The lowest BCUT2D eigenvalue weighted by Crippen LogP contribution is -2.25. The van der Waals surface area contributed by atoms with E-state index in [1.165, 1.54) is 5.57 Å². The Morgan fingerprint density at radius 2 is 1.87 bits per heavy atom. The van der Waals surface area contributed by atoms with Crippen LogP contribution >= 0.6 is 0 Å². The van der Waals surface area contributed by atoms with E-state index in [1.807, 2.05) is 7.05 Å². The molecule has 0 aromatic heterocycles. The van der Waals surface area contributed by atoms with Crippen LogP contribution in [0.1, 0.15) is 40.0 Å². The van der Waals surface area contributed by atoms with E-state index in [2.05, 4.69) is 32.1 Å². The molecule has 0 aliphatic carbocycles. The Labute approximate surface area is 93.7 Å². The summed E-state index contributed by atoms with van der Waals surface area (Å²) in [5.41, 5.74) is 1.26. The number of hydrogen-bond acceptors (Lipinski definition) is 1. The van der Waals surface area contributed by atoms with Crippen molar-refractivity contribution in [2.75, 3.05) is 13.6 Å². The van der Waals surface area contributed by atoms with Crippen molar-refractivity contribution in [2.45, 2.75) is 40.0 Å². The maximum Gasteiger partial charge on any atom is 0.219 e. The van der Waals surface area contributed by atoms with E-state index in [4.69, 9.17) is 0 Å². The zero-order valence-electron chi connectivity index (χ0n) is 10.4. The van der Waals surface area contributed by atoms with Gasteiger partial charge in [0.15, 0.2) is 0 Å². The Balaban J connectivity index is 3.79. The van der Waals surface area contributed by atoms with Crippen LogP contribution in [0.15, 0.2) is 23.8 Å². The van der Waals surface area contributed by atoms with Crippen LogP contribution in [-0.4, -0.2) is 24.4 Å². The summed E-state index contributed by atoms with van der Waals surface area (Å²) in [5, 5.41) is 0. The van der Waals surface area contributed by atoms with Crippen LogP contribution in [0.25, 0.3) is 0 Å². The molecule has 2 heteroatoms. The standard InChI is InChI=1S/C13H23NO/c1-5-6-7-8-9-10-12(2)11-14(4)13(3)15/h6-7,10H,5,8-9,11H2,1-4H3. The minimum Gasteiger partial charge on any atom is -0.342 e. The van der Waals surface area contributed by atoms with Gasteiger partial charge >= 0.3 is 0 Å². The summed E-state index contributed by atoms with van der Waals surface area (Å²) in [7, 11) is 1.83. The number of carbonyl (C=O) groups excluding carboxylic acids is 1. The predicted molar refractivity (Wildman–Crippen MR) is 65.7 cm³/mol. The minimum absolute atomic E-state index is 0.119. The third kappa shape index (κ3) is 7.98. The van der Waals surface area contributed by atoms with Crippen molar-refractivity contribution >= 4 is 5.91 Å². The third-order valence-electron chi connectivity index (χ3n) is 2.25. The molecular weight excluding hydrogens is 186 g/mol. The van der Waals surface area contributed by atoms with Gasteiger partial charge in [0.05, 0.1) is 0 Å². The molecule has 0 saturated heterocycles. The van der Waals surface area contributed by atoms with E-state index in [0.717, 1.165) is 25.8 Å². The van der Waals surface area contributed by atoms with Crippen molar-refractivity contribution in [3.05, 3.63) is 23.8 Å². The number of allylic oxidation sites excluding steroid dienone is 3. The third-order valence-corrected chi connectivity index (χ3v) is 2.25. The lowest BCUT2D eigenvalue weighted by molar-refractivity contribution is -0.127. The van der Waals surface area contributed by atoms with Crippen LogP contribution in [-0.2, 0) is 4.79 Å².